The molecule has 0 saturated carbocycles. The number of carbonyl (C=O) groups excluding carboxylic acids is 1. The number of benzene rings is 2. The van der Waals surface area contributed by atoms with Gasteiger partial charge in [-0.2, -0.15) is 0 Å². The summed E-state index contributed by atoms with van der Waals surface area (Å²) in [6.45, 7) is 1.90. The van der Waals surface area contributed by atoms with Crippen LogP contribution in [0, 0.1) is 5.82 Å². The molecule has 2 aromatic rings. The maximum Gasteiger partial charge on any atom is 0.220 e. The summed E-state index contributed by atoms with van der Waals surface area (Å²) in [6, 6.07) is 11.5. The largest absolute Gasteiger partial charge is 0.497 e. The Bertz CT molecular complexity index is 686. The van der Waals surface area contributed by atoms with Crippen molar-refractivity contribution in [3.05, 3.63) is 59.4 Å². The molecule has 0 heterocycles. The Hall–Kier alpha value is -2.56. The number of methoxy groups -OCH3 is 2. The van der Waals surface area contributed by atoms with E-state index in [4.69, 9.17) is 9.47 Å². The van der Waals surface area contributed by atoms with Crippen LogP contribution in [-0.4, -0.2) is 20.1 Å². The fraction of sp³-hybridized carbons (Fsp3) is 0.316. The first-order valence-electron chi connectivity index (χ1n) is 7.79. The zero-order valence-electron chi connectivity index (χ0n) is 14.1. The molecule has 1 atom stereocenters. The first-order chi connectivity index (χ1) is 11.5. The van der Waals surface area contributed by atoms with Gasteiger partial charge < -0.3 is 14.8 Å². The summed E-state index contributed by atoms with van der Waals surface area (Å²) >= 11 is 0. The quantitative estimate of drug-likeness (QED) is 0.842. The molecule has 1 unspecified atom stereocenters. The highest BCUT2D eigenvalue weighted by molar-refractivity contribution is 5.76. The molecule has 0 bridgehead atoms. The first kappa shape index (κ1) is 17.8. The van der Waals surface area contributed by atoms with Gasteiger partial charge in [0.25, 0.3) is 0 Å². The SMILES string of the molecule is COc1ccc(C(C)NC(=O)CCc2ccc(F)cc2)c(OC)c1. The van der Waals surface area contributed by atoms with Gasteiger partial charge in [-0.1, -0.05) is 12.1 Å². The number of ether oxygens (including phenoxy) is 2. The second kappa shape index (κ2) is 8.34. The van der Waals surface area contributed by atoms with Crippen LogP contribution in [0.2, 0.25) is 0 Å². The van der Waals surface area contributed by atoms with Crippen LogP contribution in [0.25, 0.3) is 0 Å². The summed E-state index contributed by atoms with van der Waals surface area (Å²) in [6.07, 6.45) is 0.910. The van der Waals surface area contributed by atoms with E-state index >= 15 is 0 Å². The van der Waals surface area contributed by atoms with E-state index in [2.05, 4.69) is 5.32 Å². The summed E-state index contributed by atoms with van der Waals surface area (Å²) in [5, 5.41) is 2.96. The van der Waals surface area contributed by atoms with Crippen molar-refractivity contribution in [1.29, 1.82) is 0 Å². The second-order valence-electron chi connectivity index (χ2n) is 5.52. The van der Waals surface area contributed by atoms with Crippen molar-refractivity contribution in [2.75, 3.05) is 14.2 Å². The Labute approximate surface area is 141 Å². The summed E-state index contributed by atoms with van der Waals surface area (Å²) in [7, 11) is 3.18. The van der Waals surface area contributed by atoms with E-state index < -0.39 is 0 Å². The molecule has 128 valence electrons. The molecule has 5 heteroatoms. The zero-order valence-corrected chi connectivity index (χ0v) is 14.1. The fourth-order valence-corrected chi connectivity index (χ4v) is 2.48. The third-order valence-electron chi connectivity index (χ3n) is 3.84. The van der Waals surface area contributed by atoms with Gasteiger partial charge in [0.15, 0.2) is 0 Å². The van der Waals surface area contributed by atoms with Crippen molar-refractivity contribution in [2.24, 2.45) is 0 Å². The maximum atomic E-state index is 12.9. The topological polar surface area (TPSA) is 47.6 Å². The molecule has 24 heavy (non-hydrogen) atoms. The molecule has 0 radical (unpaired) electrons. The molecule has 0 aliphatic rings. The molecule has 2 aromatic carbocycles. The number of aryl methyl sites for hydroxylation is 1. The van der Waals surface area contributed by atoms with Gasteiger partial charge in [0.1, 0.15) is 17.3 Å². The zero-order chi connectivity index (χ0) is 17.5. The van der Waals surface area contributed by atoms with Gasteiger partial charge in [-0.15, -0.1) is 0 Å². The summed E-state index contributed by atoms with van der Waals surface area (Å²) in [4.78, 5) is 12.1. The summed E-state index contributed by atoms with van der Waals surface area (Å²) < 4.78 is 23.4. The van der Waals surface area contributed by atoms with E-state index in [-0.39, 0.29) is 17.8 Å². The molecule has 0 spiro atoms. The van der Waals surface area contributed by atoms with Crippen LogP contribution in [0.15, 0.2) is 42.5 Å². The van der Waals surface area contributed by atoms with Crippen LogP contribution in [-0.2, 0) is 11.2 Å². The highest BCUT2D eigenvalue weighted by atomic mass is 19.1. The molecule has 4 nitrogen and oxygen atoms in total. The average Bonchev–Trinajstić information content (AvgIpc) is 2.60. The van der Waals surface area contributed by atoms with Gasteiger partial charge in [-0.3, -0.25) is 4.79 Å². The first-order valence-corrected chi connectivity index (χ1v) is 7.79. The Morgan fingerprint density at radius 3 is 2.46 bits per heavy atom. The molecule has 0 fully saturated rings. The Morgan fingerprint density at radius 2 is 1.83 bits per heavy atom. The number of amides is 1. The monoisotopic (exact) mass is 331 g/mol. The van der Waals surface area contributed by atoms with E-state index in [0.29, 0.717) is 24.3 Å². The lowest BCUT2D eigenvalue weighted by Crippen LogP contribution is -2.27. The molecular weight excluding hydrogens is 309 g/mol. The third kappa shape index (κ3) is 4.72. The second-order valence-corrected chi connectivity index (χ2v) is 5.52. The van der Waals surface area contributed by atoms with Crippen LogP contribution < -0.4 is 14.8 Å². The minimum atomic E-state index is -0.275. The van der Waals surface area contributed by atoms with Crippen LogP contribution in [0.4, 0.5) is 4.39 Å². The lowest BCUT2D eigenvalue weighted by atomic mass is 10.1. The van der Waals surface area contributed by atoms with Gasteiger partial charge in [0, 0.05) is 18.1 Å². The number of hydrogen-bond acceptors (Lipinski definition) is 3. The number of nitrogens with one attached hydrogen (secondary N) is 1. The van der Waals surface area contributed by atoms with Crippen molar-refractivity contribution in [1.82, 2.24) is 5.32 Å². The van der Waals surface area contributed by atoms with Gasteiger partial charge in [-0.05, 0) is 43.2 Å². The van der Waals surface area contributed by atoms with Crippen molar-refractivity contribution >= 4 is 5.91 Å². The minimum Gasteiger partial charge on any atom is -0.497 e. The van der Waals surface area contributed by atoms with Gasteiger partial charge in [0.05, 0.1) is 20.3 Å². The molecule has 0 aliphatic heterocycles. The highest BCUT2D eigenvalue weighted by Crippen LogP contribution is 2.29. The molecule has 1 amide bonds. The van der Waals surface area contributed by atoms with E-state index in [9.17, 15) is 9.18 Å². The van der Waals surface area contributed by atoms with Crippen molar-refractivity contribution in [3.8, 4) is 11.5 Å². The molecule has 0 saturated heterocycles. The number of hydrogen-bond donors (Lipinski definition) is 1. The van der Waals surface area contributed by atoms with Gasteiger partial charge in [0.2, 0.25) is 5.91 Å². The minimum absolute atomic E-state index is 0.0651. The standard InChI is InChI=1S/C19H22FNO3/c1-13(17-10-9-16(23-2)12-18(17)24-3)21-19(22)11-6-14-4-7-15(20)8-5-14/h4-5,7-10,12-13H,6,11H2,1-3H3,(H,21,22). The Balaban J connectivity index is 1.94. The van der Waals surface area contributed by atoms with Crippen molar-refractivity contribution in [3.63, 3.8) is 0 Å². The summed E-state index contributed by atoms with van der Waals surface area (Å²) in [5.74, 6) is 1.03. The normalized spacial score (nSPS) is 11.7. The number of rotatable bonds is 7. The van der Waals surface area contributed by atoms with Crippen LogP contribution in [0.5, 0.6) is 11.5 Å². The fourth-order valence-electron chi connectivity index (χ4n) is 2.48. The van der Waals surface area contributed by atoms with Crippen molar-refractivity contribution in [2.45, 2.75) is 25.8 Å². The van der Waals surface area contributed by atoms with Crippen LogP contribution in [0.3, 0.4) is 0 Å². The molecule has 2 rings (SSSR count). The van der Waals surface area contributed by atoms with E-state index in [1.54, 1.807) is 32.4 Å². The lowest BCUT2D eigenvalue weighted by molar-refractivity contribution is -0.121. The molecule has 0 aromatic heterocycles. The van der Waals surface area contributed by atoms with Crippen molar-refractivity contribution < 1.29 is 18.7 Å². The lowest BCUT2D eigenvalue weighted by Gasteiger charge is -2.18. The maximum absolute atomic E-state index is 12.9. The van der Waals surface area contributed by atoms with Crippen LogP contribution >= 0.6 is 0 Å². The smallest absolute Gasteiger partial charge is 0.220 e. The summed E-state index contributed by atoms with van der Waals surface area (Å²) in [5.41, 5.74) is 1.81. The number of carbonyl (C=O) groups is 1. The van der Waals surface area contributed by atoms with E-state index in [1.165, 1.54) is 12.1 Å². The van der Waals surface area contributed by atoms with Gasteiger partial charge >= 0.3 is 0 Å². The van der Waals surface area contributed by atoms with Crippen LogP contribution in [0.1, 0.15) is 30.5 Å². The number of halogens is 1. The average molecular weight is 331 g/mol. The highest BCUT2D eigenvalue weighted by Gasteiger charge is 2.15. The third-order valence-corrected chi connectivity index (χ3v) is 3.84. The molecule has 1 N–H and O–H groups in total. The Kier molecular flexibility index (Phi) is 6.18. The van der Waals surface area contributed by atoms with E-state index in [0.717, 1.165) is 11.1 Å². The predicted molar refractivity (Wildman–Crippen MR) is 90.8 cm³/mol. The molecular formula is C19H22FNO3. The predicted octanol–water partition coefficient (Wildman–Crippen LogP) is 3.65. The molecule has 0 aliphatic carbocycles. The Morgan fingerprint density at radius 1 is 1.12 bits per heavy atom. The van der Waals surface area contributed by atoms with Gasteiger partial charge in [-0.25, -0.2) is 4.39 Å². The van der Waals surface area contributed by atoms with E-state index in [1.807, 2.05) is 19.1 Å².